The Morgan fingerprint density at radius 2 is 1.69 bits per heavy atom. The van der Waals surface area contributed by atoms with Crippen LogP contribution in [0.15, 0.2) is 53.3 Å². The van der Waals surface area contributed by atoms with Crippen LogP contribution in [-0.2, 0) is 17.9 Å². The number of aromatic nitrogens is 5. The summed E-state index contributed by atoms with van der Waals surface area (Å²) in [6, 6.07) is 14.1. The third kappa shape index (κ3) is 4.01. The van der Waals surface area contributed by atoms with Crippen molar-refractivity contribution >= 4 is 44.4 Å². The number of hydrogen-bond acceptors (Lipinski definition) is 5. The van der Waals surface area contributed by atoms with E-state index in [0.717, 1.165) is 26.9 Å². The van der Waals surface area contributed by atoms with Crippen LogP contribution in [0.4, 0.5) is 13.9 Å². The summed E-state index contributed by atoms with van der Waals surface area (Å²) in [4.78, 5) is 34.6. The summed E-state index contributed by atoms with van der Waals surface area (Å²) in [5.41, 5.74) is 2.70. The number of benzene rings is 2. The first kappa shape index (κ1) is 22.9. The maximum atomic E-state index is 13.9. The Morgan fingerprint density at radius 1 is 1.03 bits per heavy atom. The first-order chi connectivity index (χ1) is 16.9. The molecule has 0 bridgehead atoms. The topological polar surface area (TPSA) is 86.7 Å². The summed E-state index contributed by atoms with van der Waals surface area (Å²) in [5.74, 6) is -0.219. The maximum Gasteiger partial charge on any atom is 0.329 e. The molecule has 0 aliphatic carbocycles. The van der Waals surface area contributed by atoms with E-state index >= 15 is 0 Å². The van der Waals surface area contributed by atoms with Gasteiger partial charge in [0.2, 0.25) is 5.91 Å². The fraction of sp³-hybridized carbons (Fsp3) is 0.250. The van der Waals surface area contributed by atoms with Gasteiger partial charge in [-0.1, -0.05) is 35.6 Å². The fourth-order valence-electron chi connectivity index (χ4n) is 4.25. The molecule has 8 nitrogen and oxygen atoms in total. The lowest BCUT2D eigenvalue weighted by Crippen LogP contribution is -2.25. The minimum absolute atomic E-state index is 0.0567. The van der Waals surface area contributed by atoms with Crippen LogP contribution < -0.4 is 11.0 Å². The van der Waals surface area contributed by atoms with Gasteiger partial charge in [0.25, 0.3) is 0 Å². The number of carbonyl (C=O) groups is 1. The van der Waals surface area contributed by atoms with Gasteiger partial charge in [-0.3, -0.25) is 18.5 Å². The van der Waals surface area contributed by atoms with Gasteiger partial charge in [-0.25, -0.2) is 14.8 Å². The number of fused-ring (bicyclic) bond motifs is 2. The van der Waals surface area contributed by atoms with Crippen molar-refractivity contribution in [3.8, 4) is 10.7 Å². The van der Waals surface area contributed by atoms with Gasteiger partial charge in [0, 0.05) is 19.5 Å². The number of hydrogen-bond donors (Lipinski definition) is 1. The molecule has 5 rings (SSSR count). The lowest BCUT2D eigenvalue weighted by atomic mass is 10.3. The highest BCUT2D eigenvalue weighted by Crippen LogP contribution is 2.36. The van der Waals surface area contributed by atoms with Crippen molar-refractivity contribution in [3.05, 3.63) is 64.7 Å². The van der Waals surface area contributed by atoms with Crippen LogP contribution in [0.25, 0.3) is 32.8 Å². The summed E-state index contributed by atoms with van der Waals surface area (Å²) < 4.78 is 31.9. The van der Waals surface area contributed by atoms with Gasteiger partial charge in [0.05, 0.1) is 32.6 Å². The summed E-state index contributed by atoms with van der Waals surface area (Å²) in [6.07, 6.45) is 0.0567. The Bertz CT molecular complexity index is 1610. The van der Waals surface area contributed by atoms with Crippen LogP contribution in [0.1, 0.15) is 25.6 Å². The number of halogens is 2. The molecule has 0 fully saturated rings. The Balaban J connectivity index is 1.37. The van der Waals surface area contributed by atoms with E-state index in [0.29, 0.717) is 33.3 Å². The van der Waals surface area contributed by atoms with Crippen molar-refractivity contribution in [1.82, 2.24) is 23.7 Å². The average Bonchev–Trinajstić information content (AvgIpc) is 3.48. The third-order valence-corrected chi connectivity index (χ3v) is 6.91. The summed E-state index contributed by atoms with van der Waals surface area (Å²) >= 11 is 1.09. The minimum Gasteiger partial charge on any atom is -0.302 e. The first-order valence-electron chi connectivity index (χ1n) is 11.1. The third-order valence-electron chi connectivity index (χ3n) is 5.84. The molecular weight excluding hydrogens is 474 g/mol. The molecular formula is C24H22F2N6O2S. The van der Waals surface area contributed by atoms with Crippen molar-refractivity contribution in [1.29, 1.82) is 0 Å². The SMILES string of the molecule is CCn1c(=O)n(CCC(=O)Nc2nc(C)c(-c3nc4ccccc4n3C(F)F)s2)c2ccccc21. The quantitative estimate of drug-likeness (QED) is 0.343. The maximum absolute atomic E-state index is 13.9. The molecule has 180 valence electrons. The van der Waals surface area contributed by atoms with Crippen LogP contribution in [0, 0.1) is 6.92 Å². The number of carbonyl (C=O) groups excluding carboxylic acids is 1. The Kier molecular flexibility index (Phi) is 5.93. The van der Waals surface area contributed by atoms with Crippen LogP contribution in [-0.4, -0.2) is 29.6 Å². The molecule has 3 heterocycles. The zero-order chi connectivity index (χ0) is 24.7. The number of alkyl halides is 2. The van der Waals surface area contributed by atoms with E-state index in [2.05, 4.69) is 15.3 Å². The van der Waals surface area contributed by atoms with Crippen molar-refractivity contribution in [2.24, 2.45) is 0 Å². The molecule has 35 heavy (non-hydrogen) atoms. The molecule has 0 radical (unpaired) electrons. The highest BCUT2D eigenvalue weighted by Gasteiger charge is 2.23. The molecule has 0 unspecified atom stereocenters. The van der Waals surface area contributed by atoms with Gasteiger partial charge in [0.1, 0.15) is 0 Å². The van der Waals surface area contributed by atoms with Gasteiger partial charge < -0.3 is 5.32 Å². The normalized spacial score (nSPS) is 11.7. The number of imidazole rings is 2. The van der Waals surface area contributed by atoms with Crippen molar-refractivity contribution in [2.45, 2.75) is 39.9 Å². The lowest BCUT2D eigenvalue weighted by Gasteiger charge is -2.06. The summed E-state index contributed by atoms with van der Waals surface area (Å²) in [5, 5.41) is 3.03. The molecule has 5 aromatic rings. The van der Waals surface area contributed by atoms with Gasteiger partial charge in [-0.2, -0.15) is 8.78 Å². The van der Waals surface area contributed by atoms with Gasteiger partial charge in [0.15, 0.2) is 11.0 Å². The predicted octanol–water partition coefficient (Wildman–Crippen LogP) is 5.03. The lowest BCUT2D eigenvalue weighted by molar-refractivity contribution is -0.116. The van der Waals surface area contributed by atoms with Gasteiger partial charge >= 0.3 is 12.2 Å². The van der Waals surface area contributed by atoms with E-state index in [1.165, 1.54) is 0 Å². The van der Waals surface area contributed by atoms with Crippen molar-refractivity contribution in [3.63, 3.8) is 0 Å². The minimum atomic E-state index is -2.78. The molecule has 1 amide bonds. The second-order valence-electron chi connectivity index (χ2n) is 7.97. The van der Waals surface area contributed by atoms with Crippen LogP contribution in [0.5, 0.6) is 0 Å². The average molecular weight is 497 g/mol. The molecule has 3 aromatic heterocycles. The largest absolute Gasteiger partial charge is 0.329 e. The highest BCUT2D eigenvalue weighted by molar-refractivity contribution is 7.19. The van der Waals surface area contributed by atoms with E-state index in [1.807, 2.05) is 31.2 Å². The van der Waals surface area contributed by atoms with E-state index in [1.54, 1.807) is 40.3 Å². The zero-order valence-electron chi connectivity index (χ0n) is 19.0. The molecule has 0 atom stereocenters. The van der Waals surface area contributed by atoms with Gasteiger partial charge in [-0.15, -0.1) is 0 Å². The monoisotopic (exact) mass is 496 g/mol. The van der Waals surface area contributed by atoms with Gasteiger partial charge in [-0.05, 0) is 38.1 Å². The predicted molar refractivity (Wildman–Crippen MR) is 132 cm³/mol. The second kappa shape index (κ2) is 9.06. The van der Waals surface area contributed by atoms with E-state index < -0.39 is 6.55 Å². The van der Waals surface area contributed by atoms with Crippen LogP contribution in [0.3, 0.4) is 0 Å². The number of thiazole rings is 1. The molecule has 0 aliphatic rings. The smallest absolute Gasteiger partial charge is 0.302 e. The Labute approximate surface area is 202 Å². The molecule has 2 aromatic carbocycles. The molecule has 0 saturated carbocycles. The number of rotatable bonds is 7. The molecule has 0 spiro atoms. The summed E-state index contributed by atoms with van der Waals surface area (Å²) in [7, 11) is 0. The number of aryl methyl sites for hydroxylation is 3. The Hall–Kier alpha value is -3.86. The number of para-hydroxylation sites is 4. The number of anilines is 1. The Morgan fingerprint density at radius 3 is 2.37 bits per heavy atom. The number of amides is 1. The molecule has 0 aliphatic heterocycles. The number of nitrogens with zero attached hydrogens (tertiary/aromatic N) is 5. The van der Waals surface area contributed by atoms with E-state index in [9.17, 15) is 18.4 Å². The van der Waals surface area contributed by atoms with E-state index in [4.69, 9.17) is 0 Å². The van der Waals surface area contributed by atoms with Crippen LogP contribution in [0.2, 0.25) is 0 Å². The van der Waals surface area contributed by atoms with E-state index in [-0.39, 0.29) is 30.4 Å². The molecule has 11 heteroatoms. The fourth-order valence-corrected chi connectivity index (χ4v) is 5.22. The second-order valence-corrected chi connectivity index (χ2v) is 8.97. The standard InChI is InChI=1S/C24H22F2N6O2S/c1-3-30-17-10-6-7-11-18(17)31(24(30)34)13-12-19(33)29-23-27-14(2)20(35-23)21-28-15-8-4-5-9-16(15)32(21)22(25)26/h4-11,22H,3,12-13H2,1-2H3,(H,27,29,33). The molecule has 0 saturated heterocycles. The number of nitrogens with one attached hydrogen (secondary N) is 1. The summed E-state index contributed by atoms with van der Waals surface area (Å²) in [6.45, 7) is 1.55. The molecule has 1 N–H and O–H groups in total. The van der Waals surface area contributed by atoms with Crippen molar-refractivity contribution in [2.75, 3.05) is 5.32 Å². The first-order valence-corrected chi connectivity index (χ1v) is 11.9. The highest BCUT2D eigenvalue weighted by atomic mass is 32.1. The van der Waals surface area contributed by atoms with Crippen molar-refractivity contribution < 1.29 is 13.6 Å². The van der Waals surface area contributed by atoms with Crippen LogP contribution >= 0.6 is 11.3 Å². The zero-order valence-corrected chi connectivity index (χ0v) is 19.9.